The highest BCUT2D eigenvalue weighted by molar-refractivity contribution is 5.95. The Kier molecular flexibility index (Phi) is 17.8. The van der Waals surface area contributed by atoms with Crippen LogP contribution in [0.2, 0.25) is 0 Å². The van der Waals surface area contributed by atoms with E-state index in [-0.39, 0.29) is 53.9 Å². The van der Waals surface area contributed by atoms with Gasteiger partial charge in [0, 0.05) is 25.1 Å². The van der Waals surface area contributed by atoms with E-state index < -0.39 is 42.4 Å². The number of fused-ring (bicyclic) bond motifs is 2. The second-order valence-electron chi connectivity index (χ2n) is 19.1. The quantitative estimate of drug-likeness (QED) is 0.111. The normalized spacial score (nSPS) is 21.8. The molecule has 2 heterocycles. The second kappa shape index (κ2) is 24.1. The van der Waals surface area contributed by atoms with Gasteiger partial charge in [-0.15, -0.1) is 0 Å². The molecule has 2 aliphatic carbocycles. The molecule has 5 amide bonds. The maximum Gasteiger partial charge on any atom is 0.250 e. The molecule has 0 saturated carbocycles. The molecule has 3 aromatic carbocycles. The van der Waals surface area contributed by atoms with Crippen molar-refractivity contribution in [3.63, 3.8) is 0 Å². The van der Waals surface area contributed by atoms with Crippen LogP contribution in [-0.4, -0.2) is 115 Å². The molecule has 0 unspecified atom stereocenters. The van der Waals surface area contributed by atoms with Gasteiger partial charge in [0.2, 0.25) is 29.5 Å². The van der Waals surface area contributed by atoms with Crippen LogP contribution in [0.3, 0.4) is 0 Å². The maximum absolute atomic E-state index is 14.5. The molecule has 0 radical (unpaired) electrons. The summed E-state index contributed by atoms with van der Waals surface area (Å²) in [6.07, 6.45) is 8.33. The van der Waals surface area contributed by atoms with Gasteiger partial charge < -0.3 is 41.1 Å². The molecule has 0 aromatic heterocycles. The van der Waals surface area contributed by atoms with Crippen LogP contribution < -0.4 is 26.6 Å². The molecule has 14 heteroatoms. The van der Waals surface area contributed by atoms with Crippen molar-refractivity contribution in [2.75, 3.05) is 33.8 Å². The number of benzene rings is 3. The minimum absolute atomic E-state index is 0.0483. The minimum atomic E-state index is -1.05. The Morgan fingerprint density at radius 3 is 2.03 bits per heavy atom. The molecule has 2 fully saturated rings. The summed E-state index contributed by atoms with van der Waals surface area (Å²) in [5.41, 5.74) is 6.06. The average Bonchev–Trinajstić information content (AvgIpc) is 4.08. The summed E-state index contributed by atoms with van der Waals surface area (Å²) in [6.45, 7) is 6.08. The van der Waals surface area contributed by atoms with Crippen LogP contribution in [0.5, 0.6) is 0 Å². The standard InChI is InChI=1S/C55H71N7O7/c1-6-44(57-5)52(65)60-50(55(68)62-32-14-26-47(62)53(66)58-45-24-12-20-39-18-8-10-23-43(39)45)40-29-27-37(28-30-40)16-15-33-69-36(3)49(59-51(64)35(2)56-4)54(67)61-31-13-25-46(61)48(63)34-41-21-11-19-38-17-7-9-22-42(38)41/h7-10,17-18,22-23,27-30,35-36,41,44-47,49-50,56-57H,6,11-14,19-21,24-26,31-34H2,1-5H3,(H,58,66)(H,59,64)(H,60,65)/t35-,36+,41-,44-,45+,46-,47-,49-,50-/m0/s1. The van der Waals surface area contributed by atoms with Crippen molar-refractivity contribution in [3.05, 3.63) is 106 Å². The number of nitrogens with zero attached hydrogens (tertiary/aromatic N) is 2. The Labute approximate surface area is 407 Å². The molecule has 0 bridgehead atoms. The largest absolute Gasteiger partial charge is 0.363 e. The number of amides is 5. The third kappa shape index (κ3) is 12.3. The summed E-state index contributed by atoms with van der Waals surface area (Å²) >= 11 is 0. The van der Waals surface area contributed by atoms with Gasteiger partial charge in [0.05, 0.1) is 30.3 Å². The van der Waals surface area contributed by atoms with Crippen molar-refractivity contribution in [2.45, 2.75) is 152 Å². The lowest BCUT2D eigenvalue weighted by Crippen LogP contribution is -2.58. The molecule has 4 aliphatic rings. The summed E-state index contributed by atoms with van der Waals surface area (Å²) in [5.74, 6) is 4.72. The van der Waals surface area contributed by atoms with E-state index in [0.717, 1.165) is 44.1 Å². The Balaban J connectivity index is 1.01. The topological polar surface area (TPSA) is 178 Å². The molecule has 2 aliphatic heterocycles. The first-order chi connectivity index (χ1) is 33.4. The number of rotatable bonds is 18. The molecule has 9 atom stereocenters. The van der Waals surface area contributed by atoms with Crippen molar-refractivity contribution in [3.8, 4) is 11.8 Å². The van der Waals surface area contributed by atoms with Crippen LogP contribution >= 0.6 is 0 Å². The lowest BCUT2D eigenvalue weighted by Gasteiger charge is -2.33. The number of ketones is 1. The van der Waals surface area contributed by atoms with Gasteiger partial charge >= 0.3 is 0 Å². The Morgan fingerprint density at radius 1 is 0.710 bits per heavy atom. The van der Waals surface area contributed by atoms with E-state index >= 15 is 0 Å². The molecule has 7 rings (SSSR count). The van der Waals surface area contributed by atoms with E-state index in [0.29, 0.717) is 62.7 Å². The van der Waals surface area contributed by atoms with Crippen molar-refractivity contribution < 1.29 is 33.5 Å². The van der Waals surface area contributed by atoms with Gasteiger partial charge in [0.25, 0.3) is 0 Å². The first kappa shape index (κ1) is 51.0. The molecular formula is C55H71N7O7. The van der Waals surface area contributed by atoms with Gasteiger partial charge in [-0.1, -0.05) is 79.4 Å². The van der Waals surface area contributed by atoms with Crippen LogP contribution in [0.25, 0.3) is 0 Å². The average molecular weight is 942 g/mol. The highest BCUT2D eigenvalue weighted by Crippen LogP contribution is 2.36. The van der Waals surface area contributed by atoms with Gasteiger partial charge in [0.15, 0.2) is 5.78 Å². The zero-order chi connectivity index (χ0) is 49.0. The predicted octanol–water partition coefficient (Wildman–Crippen LogP) is 4.95. The first-order valence-electron chi connectivity index (χ1n) is 25.2. The number of Topliss-reactive ketones (excluding diaryl/α,β-unsaturated/α-hetero) is 1. The molecular weight excluding hydrogens is 871 g/mol. The van der Waals surface area contributed by atoms with Crippen LogP contribution in [-0.2, 0) is 46.3 Å². The number of carbonyl (C=O) groups excluding carboxylic acids is 6. The Morgan fingerprint density at radius 2 is 1.35 bits per heavy atom. The van der Waals surface area contributed by atoms with Crippen molar-refractivity contribution >= 4 is 35.3 Å². The SMILES string of the molecule is CC[C@H](NC)C(=O)N[C@H](C(=O)N1CCC[C@H]1C(=O)N[C@@H]1CCCc2ccccc21)c1ccc(C#CCO[C@H](C)[C@H](NC(=O)[C@H](C)NC)C(=O)N2CCC[C@H]2C(=O)C[C@@H]2CCCc3ccccc32)cc1. The lowest BCUT2D eigenvalue weighted by molar-refractivity contribution is -0.144. The number of likely N-dealkylation sites (tertiary alicyclic amines) is 2. The Bertz CT molecular complexity index is 2370. The minimum Gasteiger partial charge on any atom is -0.363 e. The number of aryl methyl sites for hydroxylation is 2. The molecule has 368 valence electrons. The van der Waals surface area contributed by atoms with Gasteiger partial charge in [-0.3, -0.25) is 28.8 Å². The number of ether oxygens (including phenoxy) is 1. The third-order valence-corrected chi connectivity index (χ3v) is 14.7. The van der Waals surface area contributed by atoms with Crippen LogP contribution in [0, 0.1) is 11.8 Å². The fraction of sp³-hybridized carbons (Fsp3) is 0.527. The van der Waals surface area contributed by atoms with Crippen molar-refractivity contribution in [2.24, 2.45) is 0 Å². The summed E-state index contributed by atoms with van der Waals surface area (Å²) in [7, 11) is 3.37. The van der Waals surface area contributed by atoms with Gasteiger partial charge in [-0.05, 0) is 144 Å². The van der Waals surface area contributed by atoms with E-state index in [4.69, 9.17) is 4.74 Å². The summed E-state index contributed by atoms with van der Waals surface area (Å²) < 4.78 is 6.13. The molecule has 14 nitrogen and oxygen atoms in total. The zero-order valence-corrected chi connectivity index (χ0v) is 41.0. The molecule has 0 spiro atoms. The fourth-order valence-corrected chi connectivity index (χ4v) is 10.6. The van der Waals surface area contributed by atoms with Crippen LogP contribution in [0.15, 0.2) is 72.8 Å². The van der Waals surface area contributed by atoms with E-state index in [1.165, 1.54) is 16.7 Å². The molecule has 69 heavy (non-hydrogen) atoms. The predicted molar refractivity (Wildman–Crippen MR) is 265 cm³/mol. The monoisotopic (exact) mass is 942 g/mol. The smallest absolute Gasteiger partial charge is 0.250 e. The van der Waals surface area contributed by atoms with Gasteiger partial charge in [-0.2, -0.15) is 0 Å². The second-order valence-corrected chi connectivity index (χ2v) is 19.1. The number of likely N-dealkylation sites (N-methyl/N-ethyl adjacent to an activating group) is 2. The molecule has 3 aromatic rings. The molecule has 5 N–H and O–H groups in total. The number of hydrogen-bond donors (Lipinski definition) is 5. The maximum atomic E-state index is 14.5. The third-order valence-electron chi connectivity index (χ3n) is 14.7. The lowest BCUT2D eigenvalue weighted by atomic mass is 9.79. The number of hydrogen-bond acceptors (Lipinski definition) is 9. The van der Waals surface area contributed by atoms with Crippen molar-refractivity contribution in [1.29, 1.82) is 0 Å². The Hall–Kier alpha value is -5.88. The van der Waals surface area contributed by atoms with E-state index in [1.54, 1.807) is 62.0 Å². The highest BCUT2D eigenvalue weighted by Gasteiger charge is 2.42. The van der Waals surface area contributed by atoms with E-state index in [1.807, 2.05) is 31.2 Å². The number of nitrogens with one attached hydrogen (secondary N) is 5. The highest BCUT2D eigenvalue weighted by atomic mass is 16.5. The van der Waals surface area contributed by atoms with Crippen LogP contribution in [0.4, 0.5) is 0 Å². The van der Waals surface area contributed by atoms with Crippen molar-refractivity contribution in [1.82, 2.24) is 36.4 Å². The summed E-state index contributed by atoms with van der Waals surface area (Å²) in [6, 6.07) is 19.0. The fourth-order valence-electron chi connectivity index (χ4n) is 10.6. The van der Waals surface area contributed by atoms with Gasteiger partial charge in [-0.25, -0.2) is 0 Å². The van der Waals surface area contributed by atoms with Gasteiger partial charge in [0.1, 0.15) is 24.7 Å². The summed E-state index contributed by atoms with van der Waals surface area (Å²) in [5, 5.41) is 15.1. The zero-order valence-electron chi connectivity index (χ0n) is 41.0. The van der Waals surface area contributed by atoms with E-state index in [2.05, 4.69) is 62.7 Å². The first-order valence-corrected chi connectivity index (χ1v) is 25.2. The van der Waals surface area contributed by atoms with E-state index in [9.17, 15) is 28.8 Å². The van der Waals surface area contributed by atoms with Crippen LogP contribution in [0.1, 0.15) is 136 Å². The summed E-state index contributed by atoms with van der Waals surface area (Å²) in [4.78, 5) is 86.7. The number of carbonyl (C=O) groups is 6. The molecule has 2 saturated heterocycles.